The SMILES string of the molecule is CCCN(CC)CCNC(=NC)NCC1CCCS1.I. The van der Waals surface area contributed by atoms with Crippen LogP contribution in [0.2, 0.25) is 0 Å². The van der Waals surface area contributed by atoms with Crippen molar-refractivity contribution < 1.29 is 0 Å². The lowest BCUT2D eigenvalue weighted by atomic mass is 10.2. The Labute approximate surface area is 145 Å². The third-order valence-corrected chi connectivity index (χ3v) is 4.85. The molecule has 4 nitrogen and oxygen atoms in total. The van der Waals surface area contributed by atoms with Gasteiger partial charge in [-0.05, 0) is 38.1 Å². The first-order valence-corrected chi connectivity index (χ1v) is 8.63. The van der Waals surface area contributed by atoms with E-state index in [4.69, 9.17) is 0 Å². The average Bonchev–Trinajstić information content (AvgIpc) is 2.94. The number of likely N-dealkylation sites (N-methyl/N-ethyl adjacent to an activating group) is 1. The smallest absolute Gasteiger partial charge is 0.191 e. The van der Waals surface area contributed by atoms with E-state index in [1.165, 1.54) is 31.6 Å². The fourth-order valence-electron chi connectivity index (χ4n) is 2.31. The van der Waals surface area contributed by atoms with Gasteiger partial charge in [-0.2, -0.15) is 11.8 Å². The molecule has 1 saturated heterocycles. The van der Waals surface area contributed by atoms with Gasteiger partial charge in [-0.3, -0.25) is 4.99 Å². The summed E-state index contributed by atoms with van der Waals surface area (Å²) in [6.07, 6.45) is 3.93. The maximum atomic E-state index is 4.28. The molecule has 0 saturated carbocycles. The van der Waals surface area contributed by atoms with Gasteiger partial charge in [-0.1, -0.05) is 13.8 Å². The van der Waals surface area contributed by atoms with Crippen LogP contribution in [0.1, 0.15) is 33.1 Å². The third kappa shape index (κ3) is 8.56. The Hall–Kier alpha value is 0.310. The molecule has 1 atom stereocenters. The molecule has 0 bridgehead atoms. The zero-order valence-corrected chi connectivity index (χ0v) is 16.3. The maximum absolute atomic E-state index is 4.28. The molecule has 0 aromatic carbocycles. The summed E-state index contributed by atoms with van der Waals surface area (Å²) in [6.45, 7) is 9.85. The van der Waals surface area contributed by atoms with Crippen molar-refractivity contribution in [1.29, 1.82) is 0 Å². The lowest BCUT2D eigenvalue weighted by molar-refractivity contribution is 0.293. The first kappa shape index (κ1) is 20.3. The Morgan fingerprint density at radius 1 is 1.30 bits per heavy atom. The second kappa shape index (κ2) is 13.0. The van der Waals surface area contributed by atoms with Gasteiger partial charge in [0.15, 0.2) is 5.96 Å². The number of hydrogen-bond donors (Lipinski definition) is 2. The minimum atomic E-state index is 0. The van der Waals surface area contributed by atoms with Crippen molar-refractivity contribution in [3.8, 4) is 0 Å². The Kier molecular flexibility index (Phi) is 13.2. The highest BCUT2D eigenvalue weighted by Gasteiger charge is 2.15. The van der Waals surface area contributed by atoms with Crippen molar-refractivity contribution in [1.82, 2.24) is 15.5 Å². The molecular weight excluding hydrogens is 383 g/mol. The van der Waals surface area contributed by atoms with Crippen LogP contribution in [0.25, 0.3) is 0 Å². The minimum absolute atomic E-state index is 0. The fourth-order valence-corrected chi connectivity index (χ4v) is 3.51. The van der Waals surface area contributed by atoms with Gasteiger partial charge in [0, 0.05) is 31.9 Å². The summed E-state index contributed by atoms with van der Waals surface area (Å²) >= 11 is 2.08. The van der Waals surface area contributed by atoms with Crippen LogP contribution < -0.4 is 10.6 Å². The number of hydrogen-bond acceptors (Lipinski definition) is 3. The van der Waals surface area contributed by atoms with E-state index in [9.17, 15) is 0 Å². The second-order valence-corrected chi connectivity index (χ2v) is 6.36. The summed E-state index contributed by atoms with van der Waals surface area (Å²) in [6, 6.07) is 0. The summed E-state index contributed by atoms with van der Waals surface area (Å²) in [5.74, 6) is 2.26. The Bertz CT molecular complexity index is 258. The van der Waals surface area contributed by atoms with Crippen LogP contribution in [-0.4, -0.2) is 61.6 Å². The van der Waals surface area contributed by atoms with Gasteiger partial charge in [0.05, 0.1) is 0 Å². The van der Waals surface area contributed by atoms with Gasteiger partial charge in [0.1, 0.15) is 0 Å². The second-order valence-electron chi connectivity index (χ2n) is 4.95. The fraction of sp³-hybridized carbons (Fsp3) is 0.929. The van der Waals surface area contributed by atoms with Crippen molar-refractivity contribution in [2.45, 2.75) is 38.4 Å². The van der Waals surface area contributed by atoms with Crippen LogP contribution in [0.3, 0.4) is 0 Å². The highest BCUT2D eigenvalue weighted by molar-refractivity contribution is 14.0. The van der Waals surface area contributed by atoms with E-state index in [1.807, 2.05) is 7.05 Å². The lowest BCUT2D eigenvalue weighted by Crippen LogP contribution is -2.43. The Balaban J connectivity index is 0.00000361. The van der Waals surface area contributed by atoms with E-state index in [0.717, 1.165) is 37.4 Å². The standard InChI is InChI=1S/C14H30N4S.HI/c1-4-9-18(5-2)10-8-16-14(15-3)17-12-13-7-6-11-19-13;/h13H,4-12H2,1-3H3,(H2,15,16,17);1H. The van der Waals surface area contributed by atoms with Crippen molar-refractivity contribution in [2.24, 2.45) is 4.99 Å². The lowest BCUT2D eigenvalue weighted by Gasteiger charge is -2.21. The van der Waals surface area contributed by atoms with E-state index in [1.54, 1.807) is 0 Å². The summed E-state index contributed by atoms with van der Waals surface area (Å²) in [7, 11) is 1.85. The van der Waals surface area contributed by atoms with Crippen molar-refractivity contribution in [3.63, 3.8) is 0 Å². The first-order chi connectivity index (χ1) is 9.30. The van der Waals surface area contributed by atoms with Gasteiger partial charge in [-0.15, -0.1) is 24.0 Å². The zero-order valence-electron chi connectivity index (χ0n) is 13.2. The number of guanidine groups is 1. The normalized spacial score (nSPS) is 19.0. The molecule has 2 N–H and O–H groups in total. The predicted octanol–water partition coefficient (Wildman–Crippen LogP) is 2.40. The molecule has 1 fully saturated rings. The molecule has 1 rings (SSSR count). The molecule has 0 radical (unpaired) electrons. The average molecular weight is 414 g/mol. The molecule has 1 aliphatic heterocycles. The quantitative estimate of drug-likeness (QED) is 0.364. The molecule has 1 heterocycles. The maximum Gasteiger partial charge on any atom is 0.191 e. The molecule has 0 amide bonds. The van der Waals surface area contributed by atoms with Crippen molar-refractivity contribution in [2.75, 3.05) is 45.5 Å². The highest BCUT2D eigenvalue weighted by atomic mass is 127. The topological polar surface area (TPSA) is 39.7 Å². The largest absolute Gasteiger partial charge is 0.355 e. The minimum Gasteiger partial charge on any atom is -0.355 e. The monoisotopic (exact) mass is 414 g/mol. The van der Waals surface area contributed by atoms with Gasteiger partial charge in [0.25, 0.3) is 0 Å². The van der Waals surface area contributed by atoms with Crippen LogP contribution in [-0.2, 0) is 0 Å². The van der Waals surface area contributed by atoms with E-state index in [0.29, 0.717) is 0 Å². The molecule has 20 heavy (non-hydrogen) atoms. The molecule has 0 aliphatic carbocycles. The van der Waals surface area contributed by atoms with E-state index in [-0.39, 0.29) is 24.0 Å². The molecule has 120 valence electrons. The number of nitrogens with one attached hydrogen (secondary N) is 2. The third-order valence-electron chi connectivity index (χ3n) is 3.45. The van der Waals surface area contributed by atoms with Crippen LogP contribution in [0, 0.1) is 0 Å². The number of thioether (sulfide) groups is 1. The van der Waals surface area contributed by atoms with Crippen molar-refractivity contribution >= 4 is 41.7 Å². The van der Waals surface area contributed by atoms with Crippen molar-refractivity contribution in [3.05, 3.63) is 0 Å². The summed E-state index contributed by atoms with van der Waals surface area (Å²) in [5.41, 5.74) is 0. The highest BCUT2D eigenvalue weighted by Crippen LogP contribution is 2.25. The number of halogens is 1. The van der Waals surface area contributed by atoms with E-state index in [2.05, 4.69) is 46.1 Å². The van der Waals surface area contributed by atoms with Gasteiger partial charge >= 0.3 is 0 Å². The van der Waals surface area contributed by atoms with Crippen LogP contribution in [0.15, 0.2) is 4.99 Å². The molecule has 1 aliphatic rings. The summed E-state index contributed by atoms with van der Waals surface area (Å²) < 4.78 is 0. The van der Waals surface area contributed by atoms with E-state index >= 15 is 0 Å². The zero-order chi connectivity index (χ0) is 13.9. The van der Waals surface area contributed by atoms with Crippen LogP contribution in [0.4, 0.5) is 0 Å². The molecule has 0 aromatic heterocycles. The van der Waals surface area contributed by atoms with Gasteiger partial charge in [0.2, 0.25) is 0 Å². The van der Waals surface area contributed by atoms with E-state index < -0.39 is 0 Å². The predicted molar refractivity (Wildman–Crippen MR) is 103 cm³/mol. The van der Waals surface area contributed by atoms with Gasteiger partial charge < -0.3 is 15.5 Å². The van der Waals surface area contributed by atoms with Crippen LogP contribution >= 0.6 is 35.7 Å². The number of aliphatic imine (C=N–C) groups is 1. The van der Waals surface area contributed by atoms with Crippen LogP contribution in [0.5, 0.6) is 0 Å². The first-order valence-electron chi connectivity index (χ1n) is 7.58. The molecular formula is C14H31IN4S. The number of rotatable bonds is 8. The Morgan fingerprint density at radius 3 is 2.65 bits per heavy atom. The summed E-state index contributed by atoms with van der Waals surface area (Å²) in [4.78, 5) is 6.75. The number of nitrogens with zero attached hydrogens (tertiary/aromatic N) is 2. The molecule has 0 spiro atoms. The molecule has 0 aromatic rings. The molecule has 6 heteroatoms. The van der Waals surface area contributed by atoms with Gasteiger partial charge in [-0.25, -0.2) is 0 Å². The molecule has 1 unspecified atom stereocenters. The summed E-state index contributed by atoms with van der Waals surface area (Å²) in [5, 5.41) is 7.61. The Morgan fingerprint density at radius 2 is 2.10 bits per heavy atom.